The molecule has 2 atom stereocenters. The van der Waals surface area contributed by atoms with Gasteiger partial charge in [0.15, 0.2) is 0 Å². The van der Waals surface area contributed by atoms with Gasteiger partial charge in [-0.15, -0.1) is 0 Å². The minimum absolute atomic E-state index is 0.0243. The van der Waals surface area contributed by atoms with E-state index in [9.17, 15) is 0 Å². The standard InChI is InChI=1S/C12H20N2.C2H6/c1-4-9(2)12(3)6-5-10(13)7-11(14)8-12;1-2/h5-9H,4,13-14H2,1-3H3;1-2H3. The summed E-state index contributed by atoms with van der Waals surface area (Å²) >= 11 is 0. The Morgan fingerprint density at radius 3 is 2.31 bits per heavy atom. The third-order valence-corrected chi connectivity index (χ3v) is 3.12. The van der Waals surface area contributed by atoms with Crippen molar-refractivity contribution in [3.8, 4) is 0 Å². The fraction of sp³-hybridized carbons (Fsp3) is 0.571. The molecule has 0 aromatic heterocycles. The molecule has 0 saturated heterocycles. The van der Waals surface area contributed by atoms with Crippen molar-refractivity contribution in [2.45, 2.75) is 41.0 Å². The minimum atomic E-state index is 0.0243. The summed E-state index contributed by atoms with van der Waals surface area (Å²) in [5.41, 5.74) is 13.1. The third kappa shape index (κ3) is 3.76. The Hall–Kier alpha value is -1.18. The Morgan fingerprint density at radius 1 is 1.25 bits per heavy atom. The van der Waals surface area contributed by atoms with Crippen LogP contribution < -0.4 is 11.5 Å². The summed E-state index contributed by atoms with van der Waals surface area (Å²) in [6.07, 6.45) is 9.13. The first kappa shape index (κ1) is 14.8. The van der Waals surface area contributed by atoms with Gasteiger partial charge >= 0.3 is 0 Å². The normalized spacial score (nSPS) is 25.8. The molecule has 0 saturated carbocycles. The maximum Gasteiger partial charge on any atom is 0.0331 e. The highest BCUT2D eigenvalue weighted by Crippen LogP contribution is 2.35. The van der Waals surface area contributed by atoms with Gasteiger partial charge in [0.1, 0.15) is 0 Å². The predicted octanol–water partition coefficient (Wildman–Crippen LogP) is 3.32. The van der Waals surface area contributed by atoms with E-state index < -0.39 is 0 Å². The molecule has 0 radical (unpaired) electrons. The summed E-state index contributed by atoms with van der Waals surface area (Å²) < 4.78 is 0. The highest BCUT2D eigenvalue weighted by Gasteiger charge is 2.25. The SMILES string of the molecule is CC.CCC(C)C1(C)C=CC(N)=CC(N)=C1. The maximum atomic E-state index is 5.86. The van der Waals surface area contributed by atoms with Crippen LogP contribution in [-0.2, 0) is 0 Å². The van der Waals surface area contributed by atoms with Gasteiger partial charge in [0.25, 0.3) is 0 Å². The number of rotatable bonds is 2. The summed E-state index contributed by atoms with van der Waals surface area (Å²) in [4.78, 5) is 0. The van der Waals surface area contributed by atoms with Gasteiger partial charge < -0.3 is 11.5 Å². The second-order valence-electron chi connectivity index (χ2n) is 4.30. The zero-order valence-corrected chi connectivity index (χ0v) is 11.2. The van der Waals surface area contributed by atoms with Crippen molar-refractivity contribution >= 4 is 0 Å². The smallest absolute Gasteiger partial charge is 0.0331 e. The van der Waals surface area contributed by atoms with Gasteiger partial charge in [-0.1, -0.05) is 53.2 Å². The summed E-state index contributed by atoms with van der Waals surface area (Å²) in [6.45, 7) is 10.6. The Kier molecular flexibility index (Phi) is 5.94. The van der Waals surface area contributed by atoms with Gasteiger partial charge in [0, 0.05) is 16.8 Å². The lowest BCUT2D eigenvalue weighted by atomic mass is 9.76. The van der Waals surface area contributed by atoms with Crippen LogP contribution in [0.1, 0.15) is 41.0 Å². The van der Waals surface area contributed by atoms with Gasteiger partial charge in [-0.2, -0.15) is 0 Å². The first-order valence-corrected chi connectivity index (χ1v) is 6.12. The molecule has 92 valence electrons. The fourth-order valence-corrected chi connectivity index (χ4v) is 1.71. The molecule has 0 amide bonds. The molecule has 2 heteroatoms. The fourth-order valence-electron chi connectivity index (χ4n) is 1.71. The molecule has 2 nitrogen and oxygen atoms in total. The van der Waals surface area contributed by atoms with Gasteiger partial charge in [-0.05, 0) is 18.1 Å². The molecule has 0 fully saturated rings. The highest BCUT2D eigenvalue weighted by atomic mass is 14.6. The summed E-state index contributed by atoms with van der Waals surface area (Å²) in [5, 5.41) is 0. The quantitative estimate of drug-likeness (QED) is 0.753. The van der Waals surface area contributed by atoms with Crippen molar-refractivity contribution in [3.63, 3.8) is 0 Å². The molecule has 0 bridgehead atoms. The summed E-state index contributed by atoms with van der Waals surface area (Å²) in [5.74, 6) is 0.566. The van der Waals surface area contributed by atoms with Gasteiger partial charge in [0.05, 0.1) is 0 Å². The first-order chi connectivity index (χ1) is 7.48. The molecule has 0 heterocycles. The highest BCUT2D eigenvalue weighted by molar-refractivity contribution is 5.34. The molecule has 0 spiro atoms. The van der Waals surface area contributed by atoms with Crippen LogP contribution in [0.2, 0.25) is 0 Å². The first-order valence-electron chi connectivity index (χ1n) is 6.12. The Balaban J connectivity index is 0.00000106. The maximum absolute atomic E-state index is 5.86. The number of nitrogens with two attached hydrogens (primary N) is 2. The lowest BCUT2D eigenvalue weighted by Crippen LogP contribution is -2.21. The number of hydrogen-bond donors (Lipinski definition) is 2. The minimum Gasteiger partial charge on any atom is -0.399 e. The van der Waals surface area contributed by atoms with Crippen molar-refractivity contribution in [3.05, 3.63) is 35.7 Å². The predicted molar refractivity (Wildman–Crippen MR) is 72.6 cm³/mol. The van der Waals surface area contributed by atoms with Crippen LogP contribution in [0.5, 0.6) is 0 Å². The van der Waals surface area contributed by atoms with Crippen LogP contribution >= 0.6 is 0 Å². The molecule has 0 aromatic carbocycles. The molecular weight excluding hydrogens is 196 g/mol. The Labute approximate surface area is 100 Å². The van der Waals surface area contributed by atoms with E-state index in [1.165, 1.54) is 0 Å². The molecule has 0 aliphatic heterocycles. The lowest BCUT2D eigenvalue weighted by Gasteiger charge is -2.29. The number of hydrogen-bond acceptors (Lipinski definition) is 2. The lowest BCUT2D eigenvalue weighted by molar-refractivity contribution is 0.342. The largest absolute Gasteiger partial charge is 0.399 e. The third-order valence-electron chi connectivity index (χ3n) is 3.12. The molecule has 16 heavy (non-hydrogen) atoms. The number of allylic oxidation sites excluding steroid dienone is 4. The van der Waals surface area contributed by atoms with Crippen molar-refractivity contribution in [2.75, 3.05) is 0 Å². The van der Waals surface area contributed by atoms with E-state index in [1.54, 1.807) is 0 Å². The van der Waals surface area contributed by atoms with Gasteiger partial charge in [-0.25, -0.2) is 0 Å². The van der Waals surface area contributed by atoms with Crippen LogP contribution in [-0.4, -0.2) is 0 Å². The van der Waals surface area contributed by atoms with Gasteiger partial charge in [-0.3, -0.25) is 0 Å². The molecule has 1 aliphatic carbocycles. The second-order valence-corrected chi connectivity index (χ2v) is 4.30. The van der Waals surface area contributed by atoms with E-state index in [0.29, 0.717) is 5.92 Å². The summed E-state index contributed by atoms with van der Waals surface area (Å²) in [6, 6.07) is 0. The monoisotopic (exact) mass is 222 g/mol. The topological polar surface area (TPSA) is 52.0 Å². The summed E-state index contributed by atoms with van der Waals surface area (Å²) in [7, 11) is 0. The zero-order valence-electron chi connectivity index (χ0n) is 11.2. The molecule has 0 aromatic rings. The van der Waals surface area contributed by atoms with E-state index in [-0.39, 0.29) is 5.41 Å². The van der Waals surface area contributed by atoms with Crippen LogP contribution in [0.3, 0.4) is 0 Å². The second kappa shape index (κ2) is 6.41. The van der Waals surface area contributed by atoms with Crippen molar-refractivity contribution < 1.29 is 0 Å². The van der Waals surface area contributed by atoms with Crippen molar-refractivity contribution in [1.29, 1.82) is 0 Å². The molecule has 1 aliphatic rings. The molecule has 2 unspecified atom stereocenters. The van der Waals surface area contributed by atoms with E-state index in [2.05, 4.69) is 32.9 Å². The van der Waals surface area contributed by atoms with E-state index in [1.807, 2.05) is 26.0 Å². The van der Waals surface area contributed by atoms with Crippen LogP contribution in [0.4, 0.5) is 0 Å². The molecule has 1 rings (SSSR count). The average Bonchev–Trinajstić information content (AvgIpc) is 2.40. The van der Waals surface area contributed by atoms with Crippen LogP contribution in [0.15, 0.2) is 35.7 Å². The van der Waals surface area contributed by atoms with E-state index in [0.717, 1.165) is 17.8 Å². The van der Waals surface area contributed by atoms with Gasteiger partial charge in [0.2, 0.25) is 0 Å². The van der Waals surface area contributed by atoms with Crippen LogP contribution in [0, 0.1) is 11.3 Å². The van der Waals surface area contributed by atoms with Crippen molar-refractivity contribution in [1.82, 2.24) is 0 Å². The van der Waals surface area contributed by atoms with Crippen LogP contribution in [0.25, 0.3) is 0 Å². The molecular formula is C14H26N2. The van der Waals surface area contributed by atoms with E-state index in [4.69, 9.17) is 11.5 Å². The average molecular weight is 222 g/mol. The Bertz CT molecular complexity index is 300. The zero-order chi connectivity index (χ0) is 12.8. The van der Waals surface area contributed by atoms with E-state index >= 15 is 0 Å². The Morgan fingerprint density at radius 2 is 1.81 bits per heavy atom. The van der Waals surface area contributed by atoms with Crippen molar-refractivity contribution in [2.24, 2.45) is 22.8 Å². The molecule has 4 N–H and O–H groups in total.